The Balaban J connectivity index is 1.95. The minimum absolute atomic E-state index is 0.0713. The van der Waals surface area contributed by atoms with Crippen molar-refractivity contribution in [3.63, 3.8) is 0 Å². The van der Waals surface area contributed by atoms with E-state index in [0.29, 0.717) is 0 Å². The van der Waals surface area contributed by atoms with Crippen LogP contribution in [0.1, 0.15) is 29.5 Å². The Kier molecular flexibility index (Phi) is 3.49. The Morgan fingerprint density at radius 1 is 1.35 bits per heavy atom. The first-order chi connectivity index (χ1) is 8.16. The number of aryl methyl sites for hydroxylation is 3. The molecule has 2 aromatic rings. The van der Waals surface area contributed by atoms with Crippen LogP contribution in [0.2, 0.25) is 0 Å². The van der Waals surface area contributed by atoms with Crippen LogP contribution >= 0.6 is 0 Å². The van der Waals surface area contributed by atoms with Gasteiger partial charge in [0, 0.05) is 31.2 Å². The average molecular weight is 231 g/mol. The normalized spacial score (nSPS) is 12.6. The summed E-state index contributed by atoms with van der Waals surface area (Å²) in [5, 5.41) is 4.13. The molecule has 1 atom stereocenters. The zero-order valence-electron chi connectivity index (χ0n) is 10.2. The van der Waals surface area contributed by atoms with Gasteiger partial charge in [0.25, 0.3) is 0 Å². The fourth-order valence-corrected chi connectivity index (χ4v) is 1.69. The summed E-state index contributed by atoms with van der Waals surface area (Å²) in [5.41, 5.74) is 9.02. The molecule has 0 saturated carbocycles. The number of hydrogen-bond donors (Lipinski definition) is 1. The molecule has 0 bridgehead atoms. The summed E-state index contributed by atoms with van der Waals surface area (Å²) in [6.07, 6.45) is 7.04. The highest BCUT2D eigenvalue weighted by Crippen LogP contribution is 2.13. The van der Waals surface area contributed by atoms with E-state index in [9.17, 15) is 0 Å². The minimum Gasteiger partial charge on any atom is -0.323 e. The Labute approximate surface area is 101 Å². The Bertz CT molecular complexity index is 474. The molecule has 2 heterocycles. The lowest BCUT2D eigenvalue weighted by molar-refractivity contribution is 0.599. The minimum atomic E-state index is -0.0713. The Hall–Kier alpha value is -1.75. The van der Waals surface area contributed by atoms with E-state index < -0.39 is 0 Å². The van der Waals surface area contributed by atoms with Crippen LogP contribution in [0.4, 0.5) is 0 Å². The summed E-state index contributed by atoms with van der Waals surface area (Å²) < 4.78 is 1.87. The van der Waals surface area contributed by atoms with E-state index >= 15 is 0 Å². The van der Waals surface area contributed by atoms with Crippen LogP contribution in [0.5, 0.6) is 0 Å². The van der Waals surface area contributed by atoms with Crippen molar-refractivity contribution in [1.82, 2.24) is 19.7 Å². The smallest absolute Gasteiger partial charge is 0.0754 e. The molecule has 0 aliphatic heterocycles. The Morgan fingerprint density at radius 2 is 2.18 bits per heavy atom. The van der Waals surface area contributed by atoms with Gasteiger partial charge in [0.1, 0.15) is 0 Å². The molecule has 1 unspecified atom stereocenters. The highest BCUT2D eigenvalue weighted by molar-refractivity contribution is 5.07. The second kappa shape index (κ2) is 5.05. The first-order valence-electron chi connectivity index (χ1n) is 5.68. The number of aromatic nitrogens is 4. The van der Waals surface area contributed by atoms with E-state index in [1.165, 1.54) is 5.69 Å². The van der Waals surface area contributed by atoms with Crippen molar-refractivity contribution in [2.24, 2.45) is 12.8 Å². The van der Waals surface area contributed by atoms with Crippen molar-refractivity contribution in [1.29, 1.82) is 0 Å². The van der Waals surface area contributed by atoms with Gasteiger partial charge in [0.15, 0.2) is 0 Å². The van der Waals surface area contributed by atoms with Crippen molar-refractivity contribution >= 4 is 0 Å². The van der Waals surface area contributed by atoms with E-state index in [1.54, 1.807) is 18.6 Å². The van der Waals surface area contributed by atoms with Crippen LogP contribution in [0.3, 0.4) is 0 Å². The largest absolute Gasteiger partial charge is 0.323 e. The third kappa shape index (κ3) is 2.88. The summed E-state index contributed by atoms with van der Waals surface area (Å²) in [4.78, 5) is 8.49. The fourth-order valence-electron chi connectivity index (χ4n) is 1.69. The summed E-state index contributed by atoms with van der Waals surface area (Å²) in [6, 6.07) is 1.94. The molecular weight excluding hydrogens is 214 g/mol. The topological polar surface area (TPSA) is 69.6 Å². The molecule has 0 radical (unpaired) electrons. The third-order valence-electron chi connectivity index (χ3n) is 2.81. The highest BCUT2D eigenvalue weighted by atomic mass is 15.2. The molecular formula is C12H17N5. The van der Waals surface area contributed by atoms with Gasteiger partial charge in [-0.25, -0.2) is 0 Å². The average Bonchev–Trinajstić information content (AvgIpc) is 2.73. The van der Waals surface area contributed by atoms with Gasteiger partial charge in [-0.05, 0) is 25.8 Å². The van der Waals surface area contributed by atoms with Gasteiger partial charge in [0.2, 0.25) is 0 Å². The number of rotatable bonds is 4. The fraction of sp³-hybridized carbons (Fsp3) is 0.417. The maximum absolute atomic E-state index is 6.08. The van der Waals surface area contributed by atoms with Crippen molar-refractivity contribution in [2.75, 3.05) is 0 Å². The molecule has 0 aromatic carbocycles. The maximum atomic E-state index is 6.08. The second-order valence-corrected chi connectivity index (χ2v) is 4.17. The molecule has 2 rings (SSSR count). The number of hydrogen-bond acceptors (Lipinski definition) is 4. The zero-order chi connectivity index (χ0) is 12.3. The molecule has 90 valence electrons. The number of nitrogens with zero attached hydrogens (tertiary/aromatic N) is 4. The SMILES string of the molecule is Cc1cnc(C(N)CCc2ccnn2C)cn1. The molecule has 0 amide bonds. The van der Waals surface area contributed by atoms with Crippen LogP contribution in [-0.4, -0.2) is 19.7 Å². The summed E-state index contributed by atoms with van der Waals surface area (Å²) >= 11 is 0. The standard InChI is InChI=1S/C12H17N5/c1-9-7-15-12(8-14-9)11(13)4-3-10-5-6-16-17(10)2/h5-8,11H,3-4,13H2,1-2H3. The Morgan fingerprint density at radius 3 is 2.76 bits per heavy atom. The van der Waals surface area contributed by atoms with Gasteiger partial charge in [-0.15, -0.1) is 0 Å². The maximum Gasteiger partial charge on any atom is 0.0754 e. The van der Waals surface area contributed by atoms with Crippen LogP contribution in [0, 0.1) is 6.92 Å². The van der Waals surface area contributed by atoms with Crippen LogP contribution in [0.15, 0.2) is 24.7 Å². The van der Waals surface area contributed by atoms with Crippen molar-refractivity contribution in [3.05, 3.63) is 41.7 Å². The summed E-state index contributed by atoms with van der Waals surface area (Å²) in [5.74, 6) is 0. The van der Waals surface area contributed by atoms with Crippen LogP contribution < -0.4 is 5.73 Å². The lowest BCUT2D eigenvalue weighted by Gasteiger charge is -2.10. The third-order valence-corrected chi connectivity index (χ3v) is 2.81. The van der Waals surface area contributed by atoms with Crippen LogP contribution in [0.25, 0.3) is 0 Å². The monoisotopic (exact) mass is 231 g/mol. The second-order valence-electron chi connectivity index (χ2n) is 4.17. The molecule has 5 heteroatoms. The highest BCUT2D eigenvalue weighted by Gasteiger charge is 2.09. The first-order valence-corrected chi connectivity index (χ1v) is 5.68. The molecule has 0 aliphatic rings. The van der Waals surface area contributed by atoms with E-state index in [2.05, 4.69) is 15.1 Å². The van der Waals surface area contributed by atoms with Gasteiger partial charge in [-0.1, -0.05) is 0 Å². The molecule has 2 N–H and O–H groups in total. The van der Waals surface area contributed by atoms with Crippen LogP contribution in [-0.2, 0) is 13.5 Å². The molecule has 0 fully saturated rings. The van der Waals surface area contributed by atoms with Crippen molar-refractivity contribution < 1.29 is 0 Å². The van der Waals surface area contributed by atoms with E-state index in [-0.39, 0.29) is 6.04 Å². The lowest BCUT2D eigenvalue weighted by Crippen LogP contribution is -2.14. The molecule has 0 spiro atoms. The van der Waals surface area contributed by atoms with Gasteiger partial charge in [-0.3, -0.25) is 14.6 Å². The molecule has 17 heavy (non-hydrogen) atoms. The van der Waals surface area contributed by atoms with Gasteiger partial charge in [0.05, 0.1) is 17.6 Å². The van der Waals surface area contributed by atoms with Gasteiger partial charge in [-0.2, -0.15) is 5.10 Å². The van der Waals surface area contributed by atoms with Crippen molar-refractivity contribution in [2.45, 2.75) is 25.8 Å². The van der Waals surface area contributed by atoms with E-state index in [4.69, 9.17) is 5.73 Å². The van der Waals surface area contributed by atoms with Gasteiger partial charge >= 0.3 is 0 Å². The van der Waals surface area contributed by atoms with E-state index in [0.717, 1.165) is 24.2 Å². The molecule has 2 aromatic heterocycles. The zero-order valence-corrected chi connectivity index (χ0v) is 10.2. The molecule has 5 nitrogen and oxygen atoms in total. The predicted octanol–water partition coefficient (Wildman–Crippen LogP) is 1.15. The lowest BCUT2D eigenvalue weighted by atomic mass is 10.1. The first kappa shape index (κ1) is 11.7. The molecule has 0 saturated heterocycles. The quantitative estimate of drug-likeness (QED) is 0.857. The predicted molar refractivity (Wildman–Crippen MR) is 65.2 cm³/mol. The number of nitrogens with two attached hydrogens (primary N) is 1. The summed E-state index contributed by atoms with van der Waals surface area (Å²) in [6.45, 7) is 1.91. The van der Waals surface area contributed by atoms with E-state index in [1.807, 2.05) is 24.7 Å². The summed E-state index contributed by atoms with van der Waals surface area (Å²) in [7, 11) is 1.94. The van der Waals surface area contributed by atoms with Crippen molar-refractivity contribution in [3.8, 4) is 0 Å². The molecule has 0 aliphatic carbocycles. The van der Waals surface area contributed by atoms with Gasteiger partial charge < -0.3 is 5.73 Å².